The van der Waals surface area contributed by atoms with Crippen molar-refractivity contribution in [3.63, 3.8) is 0 Å². The molecule has 1 amide bonds. The number of carbonyl (C=O) groups excluding carboxylic acids is 1. The maximum Gasteiger partial charge on any atom is 0.271 e. The molecule has 0 radical (unpaired) electrons. The van der Waals surface area contributed by atoms with E-state index in [1.807, 2.05) is 62.4 Å². The number of benzene rings is 2. The number of nitrogens with zero attached hydrogens (tertiary/aromatic N) is 4. The number of aromatic nitrogens is 4. The fourth-order valence-corrected chi connectivity index (χ4v) is 3.56. The van der Waals surface area contributed by atoms with Gasteiger partial charge in [0.25, 0.3) is 5.91 Å². The summed E-state index contributed by atoms with van der Waals surface area (Å²) >= 11 is 1.41. The van der Waals surface area contributed by atoms with E-state index in [1.54, 1.807) is 16.4 Å². The largest absolute Gasteiger partial charge is 0.486 e. The lowest BCUT2D eigenvalue weighted by Gasteiger charge is -2.14. The van der Waals surface area contributed by atoms with Gasteiger partial charge in [-0.25, -0.2) is 14.6 Å². The molecular weight excluding hydrogens is 398 g/mol. The van der Waals surface area contributed by atoms with Gasteiger partial charge in [-0.05, 0) is 43.7 Å². The number of rotatable bonds is 7. The maximum atomic E-state index is 12.6. The highest BCUT2D eigenvalue weighted by Gasteiger charge is 2.15. The van der Waals surface area contributed by atoms with Gasteiger partial charge in [0, 0.05) is 5.38 Å². The first-order chi connectivity index (χ1) is 14.6. The smallest absolute Gasteiger partial charge is 0.271 e. The third-order valence-electron chi connectivity index (χ3n) is 4.59. The Morgan fingerprint density at radius 2 is 1.93 bits per heavy atom. The lowest BCUT2D eigenvalue weighted by Crippen LogP contribution is -2.27. The summed E-state index contributed by atoms with van der Waals surface area (Å²) in [5.74, 6) is 0.574. The first kappa shape index (κ1) is 19.8. The van der Waals surface area contributed by atoms with Crippen LogP contribution in [0.4, 0.5) is 0 Å². The number of aryl methyl sites for hydroxylation is 1. The van der Waals surface area contributed by atoms with Crippen molar-refractivity contribution in [2.45, 2.75) is 26.5 Å². The molecule has 0 spiro atoms. The minimum absolute atomic E-state index is 0.156. The second-order valence-corrected chi connectivity index (χ2v) is 7.80. The summed E-state index contributed by atoms with van der Waals surface area (Å²) in [6.45, 7) is 4.30. The summed E-state index contributed by atoms with van der Waals surface area (Å²) < 4.78 is 7.42. The minimum atomic E-state index is -0.208. The SMILES string of the molecule is Cc1ccc(OCc2nc(C(=O)NC(C)c3ccc(-n4cncn4)cc3)cs2)cc1. The Hall–Kier alpha value is -3.52. The highest BCUT2D eigenvalue weighted by atomic mass is 32.1. The second-order valence-electron chi connectivity index (χ2n) is 6.85. The quantitative estimate of drug-likeness (QED) is 0.488. The lowest BCUT2D eigenvalue weighted by atomic mass is 10.1. The van der Waals surface area contributed by atoms with E-state index in [2.05, 4.69) is 20.4 Å². The highest BCUT2D eigenvalue weighted by Crippen LogP contribution is 2.18. The van der Waals surface area contributed by atoms with Crippen molar-refractivity contribution in [3.8, 4) is 11.4 Å². The Kier molecular flexibility index (Phi) is 5.85. The Bertz CT molecular complexity index is 1110. The molecule has 30 heavy (non-hydrogen) atoms. The molecular formula is C22H21N5O2S. The Morgan fingerprint density at radius 3 is 2.63 bits per heavy atom. The number of ether oxygens (including phenoxy) is 1. The second kappa shape index (κ2) is 8.87. The molecule has 0 saturated carbocycles. The monoisotopic (exact) mass is 419 g/mol. The zero-order valence-corrected chi connectivity index (χ0v) is 17.5. The zero-order chi connectivity index (χ0) is 20.9. The molecule has 0 saturated heterocycles. The van der Waals surface area contributed by atoms with Crippen LogP contribution in [-0.4, -0.2) is 25.7 Å². The van der Waals surface area contributed by atoms with Crippen LogP contribution in [0, 0.1) is 6.92 Å². The molecule has 0 bridgehead atoms. The van der Waals surface area contributed by atoms with Crippen molar-refractivity contribution in [3.05, 3.63) is 88.4 Å². The molecule has 0 aliphatic rings. The number of thiazole rings is 1. The van der Waals surface area contributed by atoms with Gasteiger partial charge in [0.15, 0.2) is 0 Å². The molecule has 2 aromatic carbocycles. The standard InChI is InChI=1S/C22H21N5O2S/c1-15-3-9-19(10-4-15)29-11-21-26-20(12-30-21)22(28)25-16(2)17-5-7-18(8-6-17)27-14-23-13-24-27/h3-10,12-14,16H,11H2,1-2H3,(H,25,28). The van der Waals surface area contributed by atoms with Gasteiger partial charge in [-0.3, -0.25) is 4.79 Å². The maximum absolute atomic E-state index is 12.6. The summed E-state index contributed by atoms with van der Waals surface area (Å²) in [5.41, 5.74) is 3.48. The third-order valence-corrected chi connectivity index (χ3v) is 5.41. The van der Waals surface area contributed by atoms with E-state index in [0.29, 0.717) is 12.3 Å². The lowest BCUT2D eigenvalue weighted by molar-refractivity contribution is 0.0935. The Balaban J connectivity index is 1.33. The van der Waals surface area contributed by atoms with Crippen LogP contribution in [-0.2, 0) is 6.61 Å². The molecule has 7 nitrogen and oxygen atoms in total. The van der Waals surface area contributed by atoms with Gasteiger partial charge in [0.2, 0.25) is 0 Å². The van der Waals surface area contributed by atoms with E-state index in [1.165, 1.54) is 23.2 Å². The van der Waals surface area contributed by atoms with Gasteiger partial charge < -0.3 is 10.1 Å². The van der Waals surface area contributed by atoms with Crippen LogP contribution in [0.25, 0.3) is 5.69 Å². The van der Waals surface area contributed by atoms with Crippen LogP contribution < -0.4 is 10.1 Å². The van der Waals surface area contributed by atoms with E-state index < -0.39 is 0 Å². The fourth-order valence-electron chi connectivity index (χ4n) is 2.87. The van der Waals surface area contributed by atoms with Crippen LogP contribution in [0.5, 0.6) is 5.75 Å². The number of hydrogen-bond donors (Lipinski definition) is 1. The molecule has 152 valence electrons. The van der Waals surface area contributed by atoms with E-state index in [-0.39, 0.29) is 11.9 Å². The molecule has 1 unspecified atom stereocenters. The zero-order valence-electron chi connectivity index (χ0n) is 16.6. The summed E-state index contributed by atoms with van der Waals surface area (Å²) in [5, 5.41) is 9.61. The normalized spacial score (nSPS) is 11.8. The molecule has 8 heteroatoms. The minimum Gasteiger partial charge on any atom is -0.486 e. The van der Waals surface area contributed by atoms with Crippen LogP contribution in [0.2, 0.25) is 0 Å². The Labute approximate surface area is 178 Å². The average molecular weight is 420 g/mol. The average Bonchev–Trinajstić information content (AvgIpc) is 3.46. The summed E-state index contributed by atoms with van der Waals surface area (Å²) in [7, 11) is 0. The van der Waals surface area contributed by atoms with Crippen LogP contribution in [0.15, 0.2) is 66.6 Å². The summed E-state index contributed by atoms with van der Waals surface area (Å²) in [6, 6.07) is 15.5. The third kappa shape index (κ3) is 4.72. The van der Waals surface area contributed by atoms with Gasteiger partial charge in [-0.15, -0.1) is 11.3 Å². The van der Waals surface area contributed by atoms with Crippen molar-refractivity contribution >= 4 is 17.2 Å². The summed E-state index contributed by atoms with van der Waals surface area (Å²) in [4.78, 5) is 20.9. The van der Waals surface area contributed by atoms with Crippen molar-refractivity contribution in [1.82, 2.24) is 25.1 Å². The number of amides is 1. The fraction of sp³-hybridized carbons (Fsp3) is 0.182. The van der Waals surface area contributed by atoms with E-state index >= 15 is 0 Å². The van der Waals surface area contributed by atoms with Gasteiger partial charge in [0.1, 0.15) is 35.7 Å². The number of carbonyl (C=O) groups is 1. The highest BCUT2D eigenvalue weighted by molar-refractivity contribution is 7.09. The van der Waals surface area contributed by atoms with Crippen LogP contribution in [0.3, 0.4) is 0 Å². The molecule has 0 aliphatic carbocycles. The molecule has 1 N–H and O–H groups in total. The molecule has 1 atom stereocenters. The van der Waals surface area contributed by atoms with Crippen molar-refractivity contribution in [2.75, 3.05) is 0 Å². The van der Waals surface area contributed by atoms with Crippen LogP contribution >= 0.6 is 11.3 Å². The summed E-state index contributed by atoms with van der Waals surface area (Å²) in [6.07, 6.45) is 3.13. The predicted octanol–water partition coefficient (Wildman–Crippen LogP) is 4.10. The molecule has 2 heterocycles. The first-order valence-corrected chi connectivity index (χ1v) is 10.4. The molecule has 0 aliphatic heterocycles. The van der Waals surface area contributed by atoms with E-state index in [9.17, 15) is 4.79 Å². The van der Waals surface area contributed by atoms with Crippen molar-refractivity contribution < 1.29 is 9.53 Å². The van der Waals surface area contributed by atoms with Crippen molar-refractivity contribution in [1.29, 1.82) is 0 Å². The molecule has 2 aromatic heterocycles. The van der Waals surface area contributed by atoms with Gasteiger partial charge in [-0.1, -0.05) is 29.8 Å². The topological polar surface area (TPSA) is 81.9 Å². The predicted molar refractivity (Wildman–Crippen MR) is 115 cm³/mol. The van der Waals surface area contributed by atoms with Crippen molar-refractivity contribution in [2.24, 2.45) is 0 Å². The van der Waals surface area contributed by atoms with E-state index in [0.717, 1.165) is 22.0 Å². The first-order valence-electron chi connectivity index (χ1n) is 9.48. The van der Waals surface area contributed by atoms with E-state index in [4.69, 9.17) is 4.74 Å². The van der Waals surface area contributed by atoms with Crippen LogP contribution in [0.1, 0.15) is 39.6 Å². The molecule has 0 fully saturated rings. The van der Waals surface area contributed by atoms with Gasteiger partial charge >= 0.3 is 0 Å². The van der Waals surface area contributed by atoms with Gasteiger partial charge in [0.05, 0.1) is 11.7 Å². The van der Waals surface area contributed by atoms with Gasteiger partial charge in [-0.2, -0.15) is 5.10 Å². The molecule has 4 rings (SSSR count). The number of nitrogens with one attached hydrogen (secondary N) is 1. The number of hydrogen-bond acceptors (Lipinski definition) is 6. The molecule has 4 aromatic rings. The Morgan fingerprint density at radius 1 is 1.17 bits per heavy atom.